The number of hydrogen-bond acceptors (Lipinski definition) is 2. The largest absolute Gasteiger partial charge is 0.481 e. The van der Waals surface area contributed by atoms with Crippen molar-refractivity contribution in [3.8, 4) is 0 Å². The summed E-state index contributed by atoms with van der Waals surface area (Å²) in [7, 11) is 0. The third-order valence-corrected chi connectivity index (χ3v) is 4.76. The van der Waals surface area contributed by atoms with E-state index in [0.29, 0.717) is 18.3 Å². The van der Waals surface area contributed by atoms with Crippen LogP contribution in [-0.4, -0.2) is 35.0 Å². The number of carboxylic acid groups (broad SMARTS) is 1. The maximum absolute atomic E-state index is 12.6. The van der Waals surface area contributed by atoms with E-state index < -0.39 is 11.9 Å². The molecule has 1 saturated carbocycles. The minimum Gasteiger partial charge on any atom is -0.481 e. The SMILES string of the molecule is CC1CCCN(C(=O)C2CC(C)CC2C(=O)O)CC1. The molecule has 2 aliphatic rings. The van der Waals surface area contributed by atoms with Crippen LogP contribution < -0.4 is 0 Å². The van der Waals surface area contributed by atoms with Crippen LogP contribution in [0.1, 0.15) is 46.0 Å². The van der Waals surface area contributed by atoms with Crippen LogP contribution >= 0.6 is 0 Å². The molecular weight excluding hydrogens is 242 g/mol. The maximum Gasteiger partial charge on any atom is 0.307 e. The second kappa shape index (κ2) is 5.93. The van der Waals surface area contributed by atoms with Crippen molar-refractivity contribution in [3.63, 3.8) is 0 Å². The van der Waals surface area contributed by atoms with Crippen molar-refractivity contribution >= 4 is 11.9 Å². The molecule has 0 spiro atoms. The lowest BCUT2D eigenvalue weighted by Gasteiger charge is -2.26. The summed E-state index contributed by atoms with van der Waals surface area (Å²) in [5.41, 5.74) is 0. The molecule has 0 bridgehead atoms. The molecule has 108 valence electrons. The standard InChI is InChI=1S/C15H25NO3/c1-10-4-3-6-16(7-5-10)14(17)12-8-11(2)9-13(12)15(18)19/h10-13H,3-9H2,1-2H3,(H,18,19). The Morgan fingerprint density at radius 1 is 1.00 bits per heavy atom. The van der Waals surface area contributed by atoms with Gasteiger partial charge in [0.15, 0.2) is 0 Å². The summed E-state index contributed by atoms with van der Waals surface area (Å²) in [6.45, 7) is 5.89. The first kappa shape index (κ1) is 14.4. The van der Waals surface area contributed by atoms with E-state index in [1.54, 1.807) is 0 Å². The highest BCUT2D eigenvalue weighted by atomic mass is 16.4. The Hall–Kier alpha value is -1.06. The number of amides is 1. The molecule has 2 fully saturated rings. The van der Waals surface area contributed by atoms with Crippen LogP contribution in [0, 0.1) is 23.7 Å². The fourth-order valence-electron chi connectivity index (χ4n) is 3.56. The van der Waals surface area contributed by atoms with Gasteiger partial charge < -0.3 is 10.0 Å². The molecule has 0 aromatic carbocycles. The van der Waals surface area contributed by atoms with E-state index in [9.17, 15) is 14.7 Å². The molecule has 1 saturated heterocycles. The predicted molar refractivity (Wildman–Crippen MR) is 72.6 cm³/mol. The Labute approximate surface area is 115 Å². The second-order valence-electron chi connectivity index (χ2n) is 6.49. The van der Waals surface area contributed by atoms with Gasteiger partial charge >= 0.3 is 5.97 Å². The van der Waals surface area contributed by atoms with Gasteiger partial charge in [-0.25, -0.2) is 0 Å². The molecule has 4 heteroatoms. The summed E-state index contributed by atoms with van der Waals surface area (Å²) in [4.78, 5) is 25.8. The monoisotopic (exact) mass is 267 g/mol. The van der Waals surface area contributed by atoms with Gasteiger partial charge in [0.2, 0.25) is 5.91 Å². The van der Waals surface area contributed by atoms with E-state index in [-0.39, 0.29) is 11.8 Å². The third-order valence-electron chi connectivity index (χ3n) is 4.76. The van der Waals surface area contributed by atoms with Crippen molar-refractivity contribution < 1.29 is 14.7 Å². The van der Waals surface area contributed by atoms with E-state index in [0.717, 1.165) is 32.4 Å². The van der Waals surface area contributed by atoms with Gasteiger partial charge in [0, 0.05) is 13.1 Å². The van der Waals surface area contributed by atoms with Gasteiger partial charge in [-0.2, -0.15) is 0 Å². The highest BCUT2D eigenvalue weighted by molar-refractivity contribution is 5.85. The van der Waals surface area contributed by atoms with Gasteiger partial charge in [0.05, 0.1) is 11.8 Å². The molecule has 19 heavy (non-hydrogen) atoms. The normalized spacial score (nSPS) is 36.0. The smallest absolute Gasteiger partial charge is 0.307 e. The molecular formula is C15H25NO3. The van der Waals surface area contributed by atoms with Crippen molar-refractivity contribution in [1.82, 2.24) is 4.90 Å². The number of nitrogens with zero attached hydrogens (tertiary/aromatic N) is 1. The maximum atomic E-state index is 12.6. The summed E-state index contributed by atoms with van der Waals surface area (Å²) in [6.07, 6.45) is 4.66. The van der Waals surface area contributed by atoms with E-state index in [4.69, 9.17) is 0 Å². The lowest BCUT2D eigenvalue weighted by molar-refractivity contribution is -0.149. The predicted octanol–water partition coefficient (Wildman–Crippen LogP) is 2.38. The van der Waals surface area contributed by atoms with Gasteiger partial charge in [-0.1, -0.05) is 13.8 Å². The van der Waals surface area contributed by atoms with Gasteiger partial charge in [0.25, 0.3) is 0 Å². The number of rotatable bonds is 2. The summed E-state index contributed by atoms with van der Waals surface area (Å²) in [5, 5.41) is 9.28. The Morgan fingerprint density at radius 3 is 2.37 bits per heavy atom. The number of carbonyl (C=O) groups excluding carboxylic acids is 1. The third kappa shape index (κ3) is 3.28. The van der Waals surface area contributed by atoms with Gasteiger partial charge in [0.1, 0.15) is 0 Å². The zero-order valence-corrected chi connectivity index (χ0v) is 12.0. The van der Waals surface area contributed by atoms with Crippen LogP contribution in [0.3, 0.4) is 0 Å². The molecule has 2 rings (SSSR count). The molecule has 1 aliphatic heterocycles. The van der Waals surface area contributed by atoms with E-state index in [1.165, 1.54) is 6.42 Å². The number of carboxylic acids is 1. The van der Waals surface area contributed by atoms with Crippen LogP contribution in [0.4, 0.5) is 0 Å². The van der Waals surface area contributed by atoms with E-state index in [2.05, 4.69) is 6.92 Å². The molecule has 0 aromatic rings. The Balaban J connectivity index is 2.03. The molecule has 0 radical (unpaired) electrons. The molecule has 0 aromatic heterocycles. The van der Waals surface area contributed by atoms with Crippen LogP contribution in [0.5, 0.6) is 0 Å². The molecule has 1 aliphatic carbocycles. The van der Waals surface area contributed by atoms with Crippen LogP contribution in [0.2, 0.25) is 0 Å². The van der Waals surface area contributed by atoms with Crippen molar-refractivity contribution in [2.45, 2.75) is 46.0 Å². The molecule has 4 nitrogen and oxygen atoms in total. The average molecular weight is 267 g/mol. The molecule has 1 heterocycles. The van der Waals surface area contributed by atoms with Crippen molar-refractivity contribution in [1.29, 1.82) is 0 Å². The summed E-state index contributed by atoms with van der Waals surface area (Å²) in [6, 6.07) is 0. The van der Waals surface area contributed by atoms with E-state index in [1.807, 2.05) is 11.8 Å². The fourth-order valence-corrected chi connectivity index (χ4v) is 3.56. The fraction of sp³-hybridized carbons (Fsp3) is 0.867. The minimum atomic E-state index is -0.800. The second-order valence-corrected chi connectivity index (χ2v) is 6.49. The van der Waals surface area contributed by atoms with Crippen molar-refractivity contribution in [3.05, 3.63) is 0 Å². The first-order chi connectivity index (χ1) is 8.99. The Morgan fingerprint density at radius 2 is 1.68 bits per heavy atom. The summed E-state index contributed by atoms with van der Waals surface area (Å²) in [5.74, 6) is -0.447. The van der Waals surface area contributed by atoms with Crippen LogP contribution in [-0.2, 0) is 9.59 Å². The first-order valence-corrected chi connectivity index (χ1v) is 7.50. The number of aliphatic carboxylic acids is 1. The average Bonchev–Trinajstić information content (AvgIpc) is 2.61. The number of carbonyl (C=O) groups is 2. The number of hydrogen-bond donors (Lipinski definition) is 1. The Bertz CT molecular complexity index is 355. The van der Waals surface area contributed by atoms with E-state index >= 15 is 0 Å². The van der Waals surface area contributed by atoms with Crippen molar-refractivity contribution in [2.75, 3.05) is 13.1 Å². The van der Waals surface area contributed by atoms with Crippen molar-refractivity contribution in [2.24, 2.45) is 23.7 Å². The number of likely N-dealkylation sites (tertiary alicyclic amines) is 1. The lowest BCUT2D eigenvalue weighted by atomic mass is 9.94. The molecule has 1 amide bonds. The topological polar surface area (TPSA) is 57.6 Å². The molecule has 4 atom stereocenters. The van der Waals surface area contributed by atoms with Crippen LogP contribution in [0.25, 0.3) is 0 Å². The first-order valence-electron chi connectivity index (χ1n) is 7.50. The van der Waals surface area contributed by atoms with Gasteiger partial charge in [-0.3, -0.25) is 9.59 Å². The summed E-state index contributed by atoms with van der Waals surface area (Å²) >= 11 is 0. The molecule has 1 N–H and O–H groups in total. The van der Waals surface area contributed by atoms with Crippen LogP contribution in [0.15, 0.2) is 0 Å². The highest BCUT2D eigenvalue weighted by Crippen LogP contribution is 2.38. The molecule has 4 unspecified atom stereocenters. The quantitative estimate of drug-likeness (QED) is 0.835. The van der Waals surface area contributed by atoms with Gasteiger partial charge in [-0.15, -0.1) is 0 Å². The zero-order valence-electron chi connectivity index (χ0n) is 12.0. The minimum absolute atomic E-state index is 0.0888. The lowest BCUT2D eigenvalue weighted by Crippen LogP contribution is -2.39. The zero-order chi connectivity index (χ0) is 14.0. The Kier molecular flexibility index (Phi) is 4.48. The summed E-state index contributed by atoms with van der Waals surface area (Å²) < 4.78 is 0. The van der Waals surface area contributed by atoms with Gasteiger partial charge in [-0.05, 0) is 43.9 Å². The highest BCUT2D eigenvalue weighted by Gasteiger charge is 2.42.